The Labute approximate surface area is 170 Å². The zero-order chi connectivity index (χ0) is 21.4. The number of esters is 2. The number of aliphatic hydroxyl groups is 1. The van der Waals surface area contributed by atoms with E-state index in [1.807, 2.05) is 12.1 Å². The highest BCUT2D eigenvalue weighted by Gasteiger charge is 2.10. The second-order valence-electron chi connectivity index (χ2n) is 6.47. The van der Waals surface area contributed by atoms with Crippen molar-refractivity contribution in [3.8, 4) is 16.9 Å². The van der Waals surface area contributed by atoms with E-state index in [0.29, 0.717) is 22.5 Å². The first-order chi connectivity index (χ1) is 13.8. The molecule has 6 heteroatoms. The zero-order valence-corrected chi connectivity index (χ0v) is 16.5. The van der Waals surface area contributed by atoms with Gasteiger partial charge in [-0.1, -0.05) is 37.4 Å². The van der Waals surface area contributed by atoms with Gasteiger partial charge in [-0.05, 0) is 54.8 Å². The maximum atomic E-state index is 12.0. The average Bonchev–Trinajstić information content (AvgIpc) is 2.71. The fraction of sp³-hybridized carbons (Fsp3) is 0.217. The Morgan fingerprint density at radius 2 is 1.41 bits per heavy atom. The summed E-state index contributed by atoms with van der Waals surface area (Å²) in [5, 5.41) is 9.68. The summed E-state index contributed by atoms with van der Waals surface area (Å²) in [4.78, 5) is 23.3. The summed E-state index contributed by atoms with van der Waals surface area (Å²) in [6.07, 6.45) is -1.05. The number of rotatable bonds is 9. The fourth-order valence-corrected chi connectivity index (χ4v) is 2.23. The minimum absolute atomic E-state index is 0.0238. The van der Waals surface area contributed by atoms with E-state index in [4.69, 9.17) is 14.2 Å². The molecule has 0 aromatic heterocycles. The lowest BCUT2D eigenvalue weighted by Gasteiger charge is -2.13. The first-order valence-corrected chi connectivity index (χ1v) is 8.98. The molecule has 0 saturated heterocycles. The van der Waals surface area contributed by atoms with E-state index in [1.165, 1.54) is 0 Å². The normalized spacial score (nSPS) is 11.3. The fourth-order valence-electron chi connectivity index (χ4n) is 2.23. The van der Waals surface area contributed by atoms with Gasteiger partial charge in [0.15, 0.2) is 0 Å². The highest BCUT2D eigenvalue weighted by atomic mass is 16.6. The van der Waals surface area contributed by atoms with Crippen LogP contribution in [-0.4, -0.2) is 36.5 Å². The van der Waals surface area contributed by atoms with Crippen molar-refractivity contribution in [3.05, 3.63) is 78.4 Å². The first kappa shape index (κ1) is 21.9. The second-order valence-corrected chi connectivity index (χ2v) is 6.47. The number of carbonyl (C=O) groups excluding carboxylic acids is 2. The van der Waals surface area contributed by atoms with Gasteiger partial charge < -0.3 is 19.3 Å². The number of hydrogen-bond donors (Lipinski definition) is 1. The van der Waals surface area contributed by atoms with Gasteiger partial charge in [0.05, 0.1) is 5.56 Å². The van der Waals surface area contributed by atoms with Crippen LogP contribution in [0.4, 0.5) is 0 Å². The quantitative estimate of drug-likeness (QED) is 0.228. The minimum atomic E-state index is -1.05. The molecule has 1 unspecified atom stereocenters. The van der Waals surface area contributed by atoms with Crippen LogP contribution in [0.2, 0.25) is 0 Å². The van der Waals surface area contributed by atoms with Gasteiger partial charge in [0.25, 0.3) is 0 Å². The average molecular weight is 396 g/mol. The van der Waals surface area contributed by atoms with Gasteiger partial charge in [-0.3, -0.25) is 0 Å². The van der Waals surface area contributed by atoms with Crippen molar-refractivity contribution < 1.29 is 28.9 Å². The van der Waals surface area contributed by atoms with E-state index < -0.39 is 18.2 Å². The van der Waals surface area contributed by atoms with Crippen molar-refractivity contribution in [3.63, 3.8) is 0 Å². The molecule has 0 radical (unpaired) electrons. The summed E-state index contributed by atoms with van der Waals surface area (Å²) in [6.45, 7) is 10.3. The highest BCUT2D eigenvalue weighted by Crippen LogP contribution is 2.24. The van der Waals surface area contributed by atoms with Crippen LogP contribution in [0.1, 0.15) is 24.2 Å². The van der Waals surface area contributed by atoms with Crippen LogP contribution in [0, 0.1) is 0 Å². The monoisotopic (exact) mass is 396 g/mol. The summed E-state index contributed by atoms with van der Waals surface area (Å²) in [6, 6.07) is 14.1. The molecule has 2 aromatic carbocycles. The summed E-state index contributed by atoms with van der Waals surface area (Å²) < 4.78 is 15.3. The molecule has 0 heterocycles. The van der Waals surface area contributed by atoms with Gasteiger partial charge in [0.1, 0.15) is 19.0 Å². The molecule has 152 valence electrons. The van der Waals surface area contributed by atoms with Crippen LogP contribution >= 0.6 is 0 Å². The van der Waals surface area contributed by atoms with Crippen LogP contribution in [0.5, 0.6) is 5.75 Å². The predicted molar refractivity (Wildman–Crippen MR) is 109 cm³/mol. The second kappa shape index (κ2) is 10.2. The molecule has 2 rings (SSSR count). The lowest BCUT2D eigenvalue weighted by molar-refractivity contribution is -0.140. The van der Waals surface area contributed by atoms with E-state index in [1.54, 1.807) is 50.2 Å². The van der Waals surface area contributed by atoms with Crippen LogP contribution in [-0.2, 0) is 14.3 Å². The van der Waals surface area contributed by atoms with Crippen LogP contribution < -0.4 is 4.74 Å². The molecule has 0 aliphatic rings. The van der Waals surface area contributed by atoms with Gasteiger partial charge >= 0.3 is 11.9 Å². The Bertz CT molecular complexity index is 881. The maximum Gasteiger partial charge on any atom is 0.338 e. The summed E-state index contributed by atoms with van der Waals surface area (Å²) >= 11 is 0. The lowest BCUT2D eigenvalue weighted by atomic mass is 10.0. The molecule has 0 fully saturated rings. The third-order valence-electron chi connectivity index (χ3n) is 3.88. The third kappa shape index (κ3) is 6.62. The standard InChI is InChI=1S/C23H24O6/c1-15(2)21(24)27-13-14-28-23(26)19-7-5-17(6-8-19)18-9-11-20(12-10-18)29-22(25)16(3)4/h5-12,22,25H,1,3,13-14H2,2,4H3. The number of carbonyl (C=O) groups is 2. The van der Waals surface area contributed by atoms with Crippen LogP contribution in [0.15, 0.2) is 72.8 Å². The van der Waals surface area contributed by atoms with Gasteiger partial charge in [-0.15, -0.1) is 0 Å². The Kier molecular flexibility index (Phi) is 7.74. The predicted octanol–water partition coefficient (Wildman–Crippen LogP) is 3.90. The van der Waals surface area contributed by atoms with Crippen molar-refractivity contribution in [2.24, 2.45) is 0 Å². The Morgan fingerprint density at radius 1 is 0.897 bits per heavy atom. The number of benzene rings is 2. The van der Waals surface area contributed by atoms with E-state index in [-0.39, 0.29) is 13.2 Å². The molecule has 6 nitrogen and oxygen atoms in total. The van der Waals surface area contributed by atoms with E-state index in [9.17, 15) is 14.7 Å². The minimum Gasteiger partial charge on any atom is -0.461 e. The van der Waals surface area contributed by atoms with Crippen molar-refractivity contribution in [2.45, 2.75) is 20.1 Å². The van der Waals surface area contributed by atoms with Crippen molar-refractivity contribution in [2.75, 3.05) is 13.2 Å². The summed E-state index contributed by atoms with van der Waals surface area (Å²) in [5.74, 6) is -0.492. The van der Waals surface area contributed by atoms with Crippen molar-refractivity contribution >= 4 is 11.9 Å². The highest BCUT2D eigenvalue weighted by molar-refractivity contribution is 5.90. The molecule has 0 amide bonds. The first-order valence-electron chi connectivity index (χ1n) is 8.98. The number of hydrogen-bond acceptors (Lipinski definition) is 6. The molecular weight excluding hydrogens is 372 g/mol. The molecule has 0 spiro atoms. The van der Waals surface area contributed by atoms with E-state index in [2.05, 4.69) is 13.2 Å². The van der Waals surface area contributed by atoms with Crippen LogP contribution in [0.3, 0.4) is 0 Å². The Morgan fingerprint density at radius 3 is 1.93 bits per heavy atom. The molecule has 1 N–H and O–H groups in total. The molecule has 29 heavy (non-hydrogen) atoms. The molecule has 2 aromatic rings. The Hall–Kier alpha value is -3.38. The van der Waals surface area contributed by atoms with E-state index in [0.717, 1.165) is 11.1 Å². The topological polar surface area (TPSA) is 82.1 Å². The molecule has 0 aliphatic carbocycles. The van der Waals surface area contributed by atoms with Gasteiger partial charge in [-0.2, -0.15) is 0 Å². The molecule has 0 bridgehead atoms. The largest absolute Gasteiger partial charge is 0.461 e. The van der Waals surface area contributed by atoms with Crippen molar-refractivity contribution in [1.82, 2.24) is 0 Å². The van der Waals surface area contributed by atoms with Gasteiger partial charge in [0.2, 0.25) is 6.29 Å². The summed E-state index contributed by atoms with van der Waals surface area (Å²) in [5.41, 5.74) is 3.03. The zero-order valence-electron chi connectivity index (χ0n) is 16.5. The SMILES string of the molecule is C=C(C)C(=O)OCCOC(=O)c1ccc(-c2ccc(OC(O)C(=C)C)cc2)cc1. The van der Waals surface area contributed by atoms with E-state index >= 15 is 0 Å². The maximum absolute atomic E-state index is 12.0. The van der Waals surface area contributed by atoms with Gasteiger partial charge in [0, 0.05) is 5.57 Å². The van der Waals surface area contributed by atoms with Crippen molar-refractivity contribution in [1.29, 1.82) is 0 Å². The number of aliphatic hydroxyl groups excluding tert-OH is 1. The summed E-state index contributed by atoms with van der Waals surface area (Å²) in [7, 11) is 0. The molecule has 0 aliphatic heterocycles. The lowest BCUT2D eigenvalue weighted by Crippen LogP contribution is -2.15. The Balaban J connectivity index is 1.90. The molecule has 0 saturated carbocycles. The molecule has 1 atom stereocenters. The smallest absolute Gasteiger partial charge is 0.338 e. The van der Waals surface area contributed by atoms with Crippen LogP contribution in [0.25, 0.3) is 11.1 Å². The number of ether oxygens (including phenoxy) is 3. The third-order valence-corrected chi connectivity index (χ3v) is 3.88. The molecular formula is C23H24O6. The van der Waals surface area contributed by atoms with Gasteiger partial charge in [-0.25, -0.2) is 9.59 Å².